The third kappa shape index (κ3) is 3.17. The van der Waals surface area contributed by atoms with Crippen LogP contribution in [-0.4, -0.2) is 38.3 Å². The van der Waals surface area contributed by atoms with Gasteiger partial charge in [-0.3, -0.25) is 0 Å². The summed E-state index contributed by atoms with van der Waals surface area (Å²) >= 11 is 6.15. The van der Waals surface area contributed by atoms with E-state index in [4.69, 9.17) is 21.3 Å². The molecular formula is C21H22ClN3O. The SMILES string of the molecule is COc1ccccc1N1CCN(c2cc(C)c3ccc(Cl)cc3n2)CC1. The van der Waals surface area contributed by atoms with Crippen LogP contribution in [0.2, 0.25) is 5.02 Å². The summed E-state index contributed by atoms with van der Waals surface area (Å²) in [6.07, 6.45) is 0. The van der Waals surface area contributed by atoms with E-state index in [2.05, 4.69) is 34.9 Å². The van der Waals surface area contributed by atoms with Crippen LogP contribution in [0, 0.1) is 6.92 Å². The summed E-state index contributed by atoms with van der Waals surface area (Å²) in [5.74, 6) is 1.95. The molecular weight excluding hydrogens is 346 g/mol. The van der Waals surface area contributed by atoms with Crippen LogP contribution in [0.1, 0.15) is 5.56 Å². The van der Waals surface area contributed by atoms with Gasteiger partial charge >= 0.3 is 0 Å². The Morgan fingerprint density at radius 3 is 2.46 bits per heavy atom. The highest BCUT2D eigenvalue weighted by molar-refractivity contribution is 6.31. The molecule has 0 bridgehead atoms. The van der Waals surface area contributed by atoms with Crippen LogP contribution in [0.15, 0.2) is 48.5 Å². The van der Waals surface area contributed by atoms with E-state index in [0.717, 1.165) is 59.4 Å². The van der Waals surface area contributed by atoms with Crippen molar-refractivity contribution in [3.63, 3.8) is 0 Å². The third-order valence-electron chi connectivity index (χ3n) is 4.99. The molecule has 2 aromatic carbocycles. The Labute approximate surface area is 159 Å². The summed E-state index contributed by atoms with van der Waals surface area (Å²) in [6, 6.07) is 16.3. The molecule has 4 nitrogen and oxygen atoms in total. The van der Waals surface area contributed by atoms with Crippen molar-refractivity contribution in [2.75, 3.05) is 43.1 Å². The number of benzene rings is 2. The lowest BCUT2D eigenvalue weighted by Gasteiger charge is -2.37. The molecule has 1 fully saturated rings. The molecule has 0 N–H and O–H groups in total. The molecule has 0 aliphatic carbocycles. The largest absolute Gasteiger partial charge is 0.495 e. The molecule has 4 rings (SSSR count). The minimum Gasteiger partial charge on any atom is -0.495 e. The van der Waals surface area contributed by atoms with Crippen molar-refractivity contribution in [2.45, 2.75) is 6.92 Å². The second kappa shape index (κ2) is 7.04. The van der Waals surface area contributed by atoms with E-state index >= 15 is 0 Å². The first-order valence-corrected chi connectivity index (χ1v) is 9.23. The number of pyridine rings is 1. The Morgan fingerprint density at radius 1 is 0.962 bits per heavy atom. The summed E-state index contributed by atoms with van der Waals surface area (Å²) in [5, 5.41) is 1.88. The van der Waals surface area contributed by atoms with Crippen molar-refractivity contribution in [3.8, 4) is 5.75 Å². The number of fused-ring (bicyclic) bond motifs is 1. The van der Waals surface area contributed by atoms with Gasteiger partial charge in [0.1, 0.15) is 11.6 Å². The Morgan fingerprint density at radius 2 is 1.69 bits per heavy atom. The molecule has 0 radical (unpaired) electrons. The highest BCUT2D eigenvalue weighted by atomic mass is 35.5. The van der Waals surface area contributed by atoms with Gasteiger partial charge in [-0.2, -0.15) is 0 Å². The van der Waals surface area contributed by atoms with E-state index in [1.807, 2.05) is 30.3 Å². The fourth-order valence-corrected chi connectivity index (χ4v) is 3.75. The van der Waals surface area contributed by atoms with Crippen molar-refractivity contribution in [1.29, 1.82) is 0 Å². The molecule has 26 heavy (non-hydrogen) atoms. The second-order valence-corrected chi connectivity index (χ2v) is 7.04. The summed E-state index contributed by atoms with van der Waals surface area (Å²) in [7, 11) is 1.72. The summed E-state index contributed by atoms with van der Waals surface area (Å²) < 4.78 is 5.51. The van der Waals surface area contributed by atoms with Gasteiger partial charge in [0.25, 0.3) is 0 Å². The van der Waals surface area contributed by atoms with Gasteiger partial charge in [-0.05, 0) is 42.8 Å². The standard InChI is InChI=1S/C21H22ClN3O/c1-15-13-21(23-18-14-16(22)7-8-17(15)18)25-11-9-24(10-12-25)19-5-3-4-6-20(19)26-2/h3-8,13-14H,9-12H2,1-2H3. The third-order valence-corrected chi connectivity index (χ3v) is 5.23. The number of piperazine rings is 1. The zero-order valence-electron chi connectivity index (χ0n) is 15.1. The summed E-state index contributed by atoms with van der Waals surface area (Å²) in [4.78, 5) is 9.57. The van der Waals surface area contributed by atoms with Gasteiger partial charge in [-0.1, -0.05) is 29.8 Å². The van der Waals surface area contributed by atoms with E-state index in [-0.39, 0.29) is 0 Å². The molecule has 0 spiro atoms. The molecule has 1 aromatic heterocycles. The molecule has 5 heteroatoms. The maximum Gasteiger partial charge on any atom is 0.142 e. The van der Waals surface area contributed by atoms with Gasteiger partial charge in [0, 0.05) is 36.6 Å². The zero-order chi connectivity index (χ0) is 18.1. The fourth-order valence-electron chi connectivity index (χ4n) is 3.59. The van der Waals surface area contributed by atoms with E-state index < -0.39 is 0 Å². The molecule has 2 heterocycles. The molecule has 1 aliphatic heterocycles. The van der Waals surface area contributed by atoms with Gasteiger partial charge in [0.05, 0.1) is 18.3 Å². The molecule has 0 saturated carbocycles. The lowest BCUT2D eigenvalue weighted by atomic mass is 10.1. The maximum atomic E-state index is 6.15. The van der Waals surface area contributed by atoms with Crippen LogP contribution in [0.25, 0.3) is 10.9 Å². The molecule has 3 aromatic rings. The average Bonchev–Trinajstić information content (AvgIpc) is 2.67. The van der Waals surface area contributed by atoms with E-state index in [9.17, 15) is 0 Å². The van der Waals surface area contributed by atoms with Gasteiger partial charge in [-0.15, -0.1) is 0 Å². The van der Waals surface area contributed by atoms with Crippen molar-refractivity contribution >= 4 is 34.0 Å². The molecule has 0 amide bonds. The molecule has 0 unspecified atom stereocenters. The van der Waals surface area contributed by atoms with Crippen molar-refractivity contribution < 1.29 is 4.74 Å². The van der Waals surface area contributed by atoms with Gasteiger partial charge in [0.2, 0.25) is 0 Å². The Balaban J connectivity index is 1.55. The molecule has 1 aliphatic rings. The van der Waals surface area contributed by atoms with Crippen molar-refractivity contribution in [1.82, 2.24) is 4.98 Å². The number of nitrogens with zero attached hydrogens (tertiary/aromatic N) is 3. The normalized spacial score (nSPS) is 14.7. The van der Waals surface area contributed by atoms with E-state index in [1.54, 1.807) is 7.11 Å². The lowest BCUT2D eigenvalue weighted by Crippen LogP contribution is -2.47. The number of aromatic nitrogens is 1. The molecule has 1 saturated heterocycles. The highest BCUT2D eigenvalue weighted by Gasteiger charge is 2.21. The van der Waals surface area contributed by atoms with E-state index in [1.165, 1.54) is 5.56 Å². The summed E-state index contributed by atoms with van der Waals surface area (Å²) in [5.41, 5.74) is 3.34. The van der Waals surface area contributed by atoms with Crippen LogP contribution < -0.4 is 14.5 Å². The van der Waals surface area contributed by atoms with Gasteiger partial charge in [0.15, 0.2) is 0 Å². The number of hydrogen-bond acceptors (Lipinski definition) is 4. The number of aryl methyl sites for hydroxylation is 1. The number of para-hydroxylation sites is 2. The van der Waals surface area contributed by atoms with Gasteiger partial charge in [-0.25, -0.2) is 4.98 Å². The molecule has 0 atom stereocenters. The van der Waals surface area contributed by atoms with Crippen molar-refractivity contribution in [3.05, 3.63) is 59.1 Å². The Bertz CT molecular complexity index is 936. The van der Waals surface area contributed by atoms with Crippen molar-refractivity contribution in [2.24, 2.45) is 0 Å². The molecule has 134 valence electrons. The minimum atomic E-state index is 0.725. The van der Waals surface area contributed by atoms with Crippen LogP contribution in [0.4, 0.5) is 11.5 Å². The monoisotopic (exact) mass is 367 g/mol. The highest BCUT2D eigenvalue weighted by Crippen LogP contribution is 2.30. The average molecular weight is 368 g/mol. The number of ether oxygens (including phenoxy) is 1. The minimum absolute atomic E-state index is 0.725. The first-order valence-electron chi connectivity index (χ1n) is 8.85. The Hall–Kier alpha value is -2.46. The zero-order valence-corrected chi connectivity index (χ0v) is 15.8. The topological polar surface area (TPSA) is 28.6 Å². The number of halogens is 1. The first kappa shape index (κ1) is 17.0. The Kier molecular flexibility index (Phi) is 4.60. The number of hydrogen-bond donors (Lipinski definition) is 0. The number of methoxy groups -OCH3 is 1. The van der Waals surface area contributed by atoms with Gasteiger partial charge < -0.3 is 14.5 Å². The van der Waals surface area contributed by atoms with Crippen LogP contribution in [0.3, 0.4) is 0 Å². The van der Waals surface area contributed by atoms with Crippen LogP contribution in [0.5, 0.6) is 5.75 Å². The number of rotatable bonds is 3. The van der Waals surface area contributed by atoms with E-state index in [0.29, 0.717) is 0 Å². The predicted octanol–water partition coefficient (Wildman–Crippen LogP) is 4.53. The summed E-state index contributed by atoms with van der Waals surface area (Å²) in [6.45, 7) is 5.86. The first-order chi connectivity index (χ1) is 12.7. The number of anilines is 2. The van der Waals surface area contributed by atoms with Crippen LogP contribution >= 0.6 is 11.6 Å². The fraction of sp³-hybridized carbons (Fsp3) is 0.286. The smallest absolute Gasteiger partial charge is 0.142 e. The predicted molar refractivity (Wildman–Crippen MR) is 109 cm³/mol. The second-order valence-electron chi connectivity index (χ2n) is 6.60. The van der Waals surface area contributed by atoms with Crippen LogP contribution in [-0.2, 0) is 0 Å². The quantitative estimate of drug-likeness (QED) is 0.680. The lowest BCUT2D eigenvalue weighted by molar-refractivity contribution is 0.413. The maximum absolute atomic E-state index is 6.15.